The van der Waals surface area contributed by atoms with Gasteiger partial charge >= 0.3 is 0 Å². The van der Waals surface area contributed by atoms with Crippen LogP contribution in [0.3, 0.4) is 0 Å². The van der Waals surface area contributed by atoms with E-state index in [1.54, 1.807) is 0 Å². The van der Waals surface area contributed by atoms with Gasteiger partial charge in [-0.3, -0.25) is 8.98 Å². The molecule has 5 rings (SSSR count). The monoisotopic (exact) mass is 631 g/mol. The van der Waals surface area contributed by atoms with E-state index in [4.69, 9.17) is 18.4 Å². The van der Waals surface area contributed by atoms with Gasteiger partial charge in [-0.15, -0.1) is 0 Å². The van der Waals surface area contributed by atoms with Gasteiger partial charge in [0.1, 0.15) is 30.0 Å². The maximum atomic E-state index is 12.6. The molecule has 45 heavy (non-hydrogen) atoms. The Morgan fingerprint density at radius 3 is 1.71 bits per heavy atom. The van der Waals surface area contributed by atoms with E-state index >= 15 is 0 Å². The third kappa shape index (κ3) is 7.85. The van der Waals surface area contributed by atoms with Crippen molar-refractivity contribution in [3.63, 3.8) is 0 Å². The number of benzene rings is 4. The van der Waals surface area contributed by atoms with E-state index in [2.05, 4.69) is 5.32 Å². The van der Waals surface area contributed by atoms with Crippen molar-refractivity contribution < 1.29 is 36.7 Å². The summed E-state index contributed by atoms with van der Waals surface area (Å²) in [5.41, 5.74) is 2.14. The fraction of sp³-hybridized carbons (Fsp3) is 0.286. The summed E-state index contributed by atoms with van der Waals surface area (Å²) in [5.74, 6) is -0.458. The number of nitrogens with one attached hydrogen (secondary N) is 1. The summed E-state index contributed by atoms with van der Waals surface area (Å²) < 4.78 is 50.0. The number of aliphatic hydroxyl groups is 1. The van der Waals surface area contributed by atoms with Crippen LogP contribution < -0.4 is 5.32 Å². The van der Waals surface area contributed by atoms with Gasteiger partial charge in [0.05, 0.1) is 19.5 Å². The van der Waals surface area contributed by atoms with Gasteiger partial charge in [0.15, 0.2) is 6.29 Å². The summed E-state index contributed by atoms with van der Waals surface area (Å²) in [5, 5.41) is 13.8. The number of rotatable bonds is 12. The summed E-state index contributed by atoms with van der Waals surface area (Å²) in [4.78, 5) is 12.2. The average molecular weight is 632 g/mol. The molecule has 1 amide bonds. The minimum absolute atomic E-state index is 0.0630. The van der Waals surface area contributed by atoms with E-state index in [-0.39, 0.29) is 13.2 Å². The molecule has 0 bridgehead atoms. The molecular formula is C35H37NO8S. The predicted molar refractivity (Wildman–Crippen MR) is 168 cm³/mol. The van der Waals surface area contributed by atoms with Crippen molar-refractivity contribution >= 4 is 16.0 Å². The third-order valence-corrected chi connectivity index (χ3v) is 8.18. The Labute approximate surface area is 263 Å². The van der Waals surface area contributed by atoms with Gasteiger partial charge in [-0.2, -0.15) is 8.42 Å². The van der Waals surface area contributed by atoms with Crippen molar-refractivity contribution in [2.45, 2.75) is 49.8 Å². The number of ether oxygens (including phenoxy) is 3. The minimum atomic E-state index is -4.06. The molecule has 1 aliphatic rings. The molecule has 0 saturated carbocycles. The smallest absolute Gasteiger partial charge is 0.264 e. The Morgan fingerprint density at radius 1 is 0.800 bits per heavy atom. The van der Waals surface area contributed by atoms with Gasteiger partial charge in [-0.05, 0) is 22.3 Å². The van der Waals surface area contributed by atoms with Gasteiger partial charge in [0, 0.05) is 6.92 Å². The first-order valence-corrected chi connectivity index (χ1v) is 16.4. The summed E-state index contributed by atoms with van der Waals surface area (Å²) >= 11 is 0. The fourth-order valence-corrected chi connectivity index (χ4v) is 6.34. The van der Waals surface area contributed by atoms with Crippen LogP contribution in [0.25, 0.3) is 0 Å². The maximum Gasteiger partial charge on any atom is 0.264 e. The van der Waals surface area contributed by atoms with Crippen molar-refractivity contribution in [3.8, 4) is 0 Å². The van der Waals surface area contributed by atoms with Crippen molar-refractivity contribution in [1.82, 2.24) is 5.32 Å². The Balaban J connectivity index is 1.56. The second kappa shape index (κ2) is 14.5. The Bertz CT molecular complexity index is 1530. The standard InChI is InChI=1S/C35H37NO8S/c1-25(37)36-31-33(41-23-26-15-7-3-8-16-26)32(44-45(2,39)40)30(43-34(31)38)24-42-35(27-17-9-4-10-18-27,28-19-11-5-12-20-28)29-21-13-6-14-22-29/h3-22,30-34,38H,23-24H2,1-2H3,(H,36,37)/t30-,31-,32+,33+,34-/m0/s1. The lowest BCUT2D eigenvalue weighted by atomic mass is 9.80. The van der Waals surface area contributed by atoms with Crippen LogP contribution >= 0.6 is 0 Å². The topological polar surface area (TPSA) is 120 Å². The van der Waals surface area contributed by atoms with Crippen molar-refractivity contribution in [1.29, 1.82) is 0 Å². The molecule has 4 aromatic carbocycles. The first-order valence-electron chi connectivity index (χ1n) is 14.6. The molecule has 1 heterocycles. The van der Waals surface area contributed by atoms with Crippen LogP contribution in [0.1, 0.15) is 29.2 Å². The molecule has 0 radical (unpaired) electrons. The highest BCUT2D eigenvalue weighted by Gasteiger charge is 2.50. The van der Waals surface area contributed by atoms with Crippen molar-refractivity contribution in [2.75, 3.05) is 12.9 Å². The number of hydrogen-bond donors (Lipinski definition) is 2. The predicted octanol–water partition coefficient (Wildman–Crippen LogP) is 4.15. The molecule has 0 spiro atoms. The fourth-order valence-electron chi connectivity index (χ4n) is 5.70. The molecule has 0 unspecified atom stereocenters. The lowest BCUT2D eigenvalue weighted by Crippen LogP contribution is -2.65. The lowest BCUT2D eigenvalue weighted by molar-refractivity contribution is -0.264. The van der Waals surface area contributed by atoms with Gasteiger partial charge in [0.25, 0.3) is 10.1 Å². The van der Waals surface area contributed by atoms with E-state index in [0.29, 0.717) is 0 Å². The van der Waals surface area contributed by atoms with Gasteiger partial charge in [-0.1, -0.05) is 121 Å². The molecule has 10 heteroatoms. The van der Waals surface area contributed by atoms with Crippen LogP contribution in [0.5, 0.6) is 0 Å². The summed E-state index contributed by atoms with van der Waals surface area (Å²) in [7, 11) is -4.06. The largest absolute Gasteiger partial charge is 0.368 e. The Morgan fingerprint density at radius 2 is 1.27 bits per heavy atom. The molecule has 1 saturated heterocycles. The highest BCUT2D eigenvalue weighted by molar-refractivity contribution is 7.86. The average Bonchev–Trinajstić information content (AvgIpc) is 3.04. The Kier molecular flexibility index (Phi) is 10.4. The molecule has 2 N–H and O–H groups in total. The van der Waals surface area contributed by atoms with Crippen molar-refractivity contribution in [3.05, 3.63) is 144 Å². The van der Waals surface area contributed by atoms with Gasteiger partial charge in [-0.25, -0.2) is 0 Å². The normalized spacial score (nSPS) is 22.1. The van der Waals surface area contributed by atoms with Gasteiger partial charge < -0.3 is 24.6 Å². The molecule has 1 fully saturated rings. The number of carbonyl (C=O) groups is 1. The van der Waals surface area contributed by atoms with E-state index < -0.39 is 52.3 Å². The zero-order valence-corrected chi connectivity index (χ0v) is 25.9. The van der Waals surface area contributed by atoms with Crippen molar-refractivity contribution in [2.24, 2.45) is 0 Å². The molecule has 5 atom stereocenters. The molecule has 9 nitrogen and oxygen atoms in total. The first kappa shape index (κ1) is 32.5. The van der Waals surface area contributed by atoms with Crippen LogP contribution in [0.15, 0.2) is 121 Å². The quantitative estimate of drug-likeness (QED) is 0.177. The number of aliphatic hydroxyl groups excluding tert-OH is 1. The number of carbonyl (C=O) groups excluding carboxylic acids is 1. The molecule has 236 valence electrons. The van der Waals surface area contributed by atoms with Gasteiger partial charge in [0.2, 0.25) is 5.91 Å². The molecular weight excluding hydrogens is 594 g/mol. The van der Waals surface area contributed by atoms with E-state index in [9.17, 15) is 18.3 Å². The third-order valence-electron chi connectivity index (χ3n) is 7.61. The van der Waals surface area contributed by atoms with Crippen LogP contribution in [-0.4, -0.2) is 62.9 Å². The zero-order chi connectivity index (χ0) is 31.9. The SMILES string of the molecule is CC(=O)N[C@H]1[C@@H](OCc2ccccc2)[C@H](OS(C)(=O)=O)[C@H](COC(c2ccccc2)(c2ccccc2)c2ccccc2)O[C@@H]1O. The molecule has 0 aliphatic carbocycles. The second-order valence-corrected chi connectivity index (χ2v) is 12.5. The zero-order valence-electron chi connectivity index (χ0n) is 25.1. The van der Waals surface area contributed by atoms with E-state index in [0.717, 1.165) is 28.5 Å². The van der Waals surface area contributed by atoms with Crippen LogP contribution in [0.2, 0.25) is 0 Å². The Hall–Kier alpha value is -3.90. The highest BCUT2D eigenvalue weighted by atomic mass is 32.2. The number of hydrogen-bond acceptors (Lipinski definition) is 8. The van der Waals surface area contributed by atoms with E-state index in [1.807, 2.05) is 121 Å². The van der Waals surface area contributed by atoms with Crippen LogP contribution in [0.4, 0.5) is 0 Å². The van der Waals surface area contributed by atoms with Crippen LogP contribution in [0, 0.1) is 0 Å². The minimum Gasteiger partial charge on any atom is -0.368 e. The molecule has 0 aromatic heterocycles. The maximum absolute atomic E-state index is 12.6. The molecule has 1 aliphatic heterocycles. The molecule has 4 aromatic rings. The van der Waals surface area contributed by atoms with Crippen LogP contribution in [-0.2, 0) is 45.5 Å². The highest BCUT2D eigenvalue weighted by Crippen LogP contribution is 2.41. The second-order valence-electron chi connectivity index (χ2n) is 10.9. The summed E-state index contributed by atoms with van der Waals surface area (Å²) in [6, 6.07) is 37.1. The lowest BCUT2D eigenvalue weighted by Gasteiger charge is -2.45. The summed E-state index contributed by atoms with van der Waals surface area (Å²) in [6.07, 6.45) is -4.16. The first-order chi connectivity index (χ1) is 21.7. The van der Waals surface area contributed by atoms with E-state index in [1.165, 1.54) is 6.92 Å². The number of amides is 1. The summed E-state index contributed by atoms with van der Waals surface area (Å²) in [6.45, 7) is 1.14.